The predicted octanol–water partition coefficient (Wildman–Crippen LogP) is 1.73. The van der Waals surface area contributed by atoms with E-state index < -0.39 is 22.7 Å². The number of hydrogen-bond donors (Lipinski definition) is 1. The summed E-state index contributed by atoms with van der Waals surface area (Å²) in [6.45, 7) is 1.79. The molecule has 0 amide bonds. The highest BCUT2D eigenvalue weighted by atomic mass is 16.7. The fourth-order valence-electron chi connectivity index (χ4n) is 4.62. The van der Waals surface area contributed by atoms with Crippen LogP contribution in [-0.2, 0) is 9.47 Å². The number of ether oxygens (including phenoxy) is 2. The first-order chi connectivity index (χ1) is 9.57. The van der Waals surface area contributed by atoms with Crippen LogP contribution in [0.1, 0.15) is 32.6 Å². The minimum atomic E-state index is -1.26. The van der Waals surface area contributed by atoms with Crippen LogP contribution < -0.4 is 0 Å². The molecule has 6 heteroatoms. The Balaban J connectivity index is 2.05. The Hall–Kier alpha value is -1.92. The normalized spacial score (nSPS) is 51.5. The number of fused-ring (bicyclic) bond motifs is 1. The van der Waals surface area contributed by atoms with Gasteiger partial charge in [0.15, 0.2) is 10.8 Å². The molecule has 5 rings (SSSR count). The van der Waals surface area contributed by atoms with Crippen LogP contribution in [0.3, 0.4) is 0 Å². The van der Waals surface area contributed by atoms with Gasteiger partial charge in [-0.05, 0) is 19.8 Å². The molecule has 0 aromatic rings. The van der Waals surface area contributed by atoms with Gasteiger partial charge in [0.1, 0.15) is 5.84 Å². The van der Waals surface area contributed by atoms with Gasteiger partial charge in [-0.3, -0.25) is 5.41 Å². The molecular formula is C14H14N4O2. The van der Waals surface area contributed by atoms with Crippen molar-refractivity contribution in [3.63, 3.8) is 0 Å². The van der Waals surface area contributed by atoms with Gasteiger partial charge < -0.3 is 9.47 Å². The molecule has 4 bridgehead atoms. The van der Waals surface area contributed by atoms with Crippen LogP contribution in [0.25, 0.3) is 0 Å². The van der Waals surface area contributed by atoms with Crippen molar-refractivity contribution in [2.75, 3.05) is 0 Å². The first-order valence-corrected chi connectivity index (χ1v) is 6.95. The zero-order valence-electron chi connectivity index (χ0n) is 11.1. The number of rotatable bonds is 0. The van der Waals surface area contributed by atoms with E-state index in [1.807, 2.05) is 0 Å². The topological polar surface area (TPSA) is 102 Å². The molecule has 4 heterocycles. The number of nitriles is 2. The highest BCUT2D eigenvalue weighted by molar-refractivity contribution is 6.12. The van der Waals surface area contributed by atoms with E-state index in [9.17, 15) is 10.5 Å². The summed E-state index contributed by atoms with van der Waals surface area (Å²) in [5.74, 6) is -0.954. The Kier molecular flexibility index (Phi) is 1.91. The molecular weight excluding hydrogens is 256 g/mol. The van der Waals surface area contributed by atoms with E-state index in [2.05, 4.69) is 17.1 Å². The van der Waals surface area contributed by atoms with E-state index in [-0.39, 0.29) is 17.7 Å². The molecule has 6 nitrogen and oxygen atoms in total. The second-order valence-corrected chi connectivity index (χ2v) is 6.08. The van der Waals surface area contributed by atoms with Crippen molar-refractivity contribution in [3.8, 4) is 12.1 Å². The van der Waals surface area contributed by atoms with Gasteiger partial charge in [0, 0.05) is 6.42 Å². The van der Waals surface area contributed by atoms with Crippen LogP contribution in [0.4, 0.5) is 0 Å². The van der Waals surface area contributed by atoms with Gasteiger partial charge in [-0.25, -0.2) is 0 Å². The molecule has 5 aliphatic rings. The van der Waals surface area contributed by atoms with Crippen molar-refractivity contribution >= 4 is 11.7 Å². The van der Waals surface area contributed by atoms with Gasteiger partial charge in [0.2, 0.25) is 11.7 Å². The maximum Gasteiger partial charge on any atom is 0.218 e. The lowest BCUT2D eigenvalue weighted by Gasteiger charge is -2.62. The summed E-state index contributed by atoms with van der Waals surface area (Å²) in [7, 11) is 0. The lowest BCUT2D eigenvalue weighted by Crippen LogP contribution is -2.74. The van der Waals surface area contributed by atoms with Gasteiger partial charge in [-0.15, -0.1) is 0 Å². The highest BCUT2D eigenvalue weighted by Gasteiger charge is 2.82. The lowest BCUT2D eigenvalue weighted by molar-refractivity contribution is -0.348. The van der Waals surface area contributed by atoms with Crippen molar-refractivity contribution in [3.05, 3.63) is 0 Å². The molecule has 0 aromatic carbocycles. The number of nitrogens with zero attached hydrogens (tertiary/aromatic N) is 3. The summed E-state index contributed by atoms with van der Waals surface area (Å²) in [5.41, 5.74) is -2.48. The monoisotopic (exact) mass is 270 g/mol. The maximum atomic E-state index is 9.88. The SMILES string of the molecule is C[C@H]1O[C@@]23CCCC[C@H]2[C@@]2(C#N)C(=N)N=C(O3)[C@@]12C#N. The van der Waals surface area contributed by atoms with Gasteiger partial charge in [0.05, 0.1) is 24.2 Å². The van der Waals surface area contributed by atoms with E-state index in [4.69, 9.17) is 14.9 Å². The molecule has 102 valence electrons. The van der Waals surface area contributed by atoms with Crippen molar-refractivity contribution in [2.24, 2.45) is 21.7 Å². The molecule has 3 saturated heterocycles. The Morgan fingerprint density at radius 2 is 2.05 bits per heavy atom. The maximum absolute atomic E-state index is 9.88. The predicted molar refractivity (Wildman–Crippen MR) is 67.6 cm³/mol. The van der Waals surface area contributed by atoms with Crippen LogP contribution in [0.15, 0.2) is 4.99 Å². The lowest BCUT2D eigenvalue weighted by atomic mass is 9.49. The molecule has 20 heavy (non-hydrogen) atoms. The molecule has 0 aromatic heterocycles. The average Bonchev–Trinajstić information content (AvgIpc) is 2.63. The van der Waals surface area contributed by atoms with Crippen molar-refractivity contribution in [1.82, 2.24) is 0 Å². The Bertz CT molecular complexity index is 645. The second kappa shape index (κ2) is 3.21. The zero-order chi connectivity index (χ0) is 14.2. The number of amidine groups is 1. The van der Waals surface area contributed by atoms with Crippen LogP contribution in [0.2, 0.25) is 0 Å². The molecule has 1 aliphatic carbocycles. The number of aliphatic imine (C=N–C) groups is 1. The van der Waals surface area contributed by atoms with Gasteiger partial charge >= 0.3 is 0 Å². The average molecular weight is 270 g/mol. The molecule has 1 saturated carbocycles. The van der Waals surface area contributed by atoms with Crippen LogP contribution >= 0.6 is 0 Å². The summed E-state index contributed by atoms with van der Waals surface area (Å²) in [5, 5.41) is 27.9. The first-order valence-electron chi connectivity index (χ1n) is 6.95. The number of hydrogen-bond acceptors (Lipinski definition) is 5. The molecule has 5 atom stereocenters. The van der Waals surface area contributed by atoms with E-state index in [1.165, 1.54) is 0 Å². The smallest absolute Gasteiger partial charge is 0.218 e. The number of nitrogens with one attached hydrogen (secondary N) is 1. The highest BCUT2D eigenvalue weighted by Crippen LogP contribution is 2.68. The van der Waals surface area contributed by atoms with E-state index >= 15 is 0 Å². The van der Waals surface area contributed by atoms with Crippen molar-refractivity contribution < 1.29 is 9.47 Å². The molecule has 4 aliphatic heterocycles. The first kappa shape index (κ1) is 11.9. The van der Waals surface area contributed by atoms with Crippen LogP contribution in [-0.4, -0.2) is 23.6 Å². The fourth-order valence-corrected chi connectivity index (χ4v) is 4.62. The Morgan fingerprint density at radius 3 is 2.75 bits per heavy atom. The largest absolute Gasteiger partial charge is 0.447 e. The van der Waals surface area contributed by atoms with Crippen LogP contribution in [0, 0.1) is 44.8 Å². The summed E-state index contributed by atoms with van der Waals surface area (Å²) in [6, 6.07) is 4.51. The van der Waals surface area contributed by atoms with Gasteiger partial charge in [-0.2, -0.15) is 15.5 Å². The molecule has 0 radical (unpaired) electrons. The summed E-state index contributed by atoms with van der Waals surface area (Å²) < 4.78 is 12.0. The summed E-state index contributed by atoms with van der Waals surface area (Å²) >= 11 is 0. The molecule has 4 fully saturated rings. The minimum absolute atomic E-state index is 0.0273. The second-order valence-electron chi connectivity index (χ2n) is 6.08. The van der Waals surface area contributed by atoms with E-state index in [0.717, 1.165) is 19.3 Å². The van der Waals surface area contributed by atoms with Crippen LogP contribution in [0.5, 0.6) is 0 Å². The van der Waals surface area contributed by atoms with Crippen molar-refractivity contribution in [2.45, 2.75) is 44.5 Å². The third kappa shape index (κ3) is 0.863. The third-order valence-electron chi connectivity index (χ3n) is 5.48. The third-order valence-corrected chi connectivity index (χ3v) is 5.48. The quantitative estimate of drug-likeness (QED) is 0.724. The zero-order valence-corrected chi connectivity index (χ0v) is 11.1. The van der Waals surface area contributed by atoms with Gasteiger partial charge in [0.25, 0.3) is 0 Å². The van der Waals surface area contributed by atoms with Gasteiger partial charge in [-0.1, -0.05) is 6.42 Å². The molecule has 0 unspecified atom stereocenters. The summed E-state index contributed by atoms with van der Waals surface area (Å²) in [6.07, 6.45) is 2.86. The minimum Gasteiger partial charge on any atom is -0.447 e. The molecule has 1 spiro atoms. The van der Waals surface area contributed by atoms with E-state index in [0.29, 0.717) is 6.42 Å². The standard InChI is InChI=1S/C14H14N4O2/c1-8-12(6-15)11-18-10(17)13(12,7-16)9-4-2-3-5-14(9,19-8)20-11/h8-9,17H,2-5H2,1H3/t8-,9+,12-,13+,14-/m1/s1. The van der Waals surface area contributed by atoms with E-state index in [1.54, 1.807) is 6.92 Å². The fraction of sp³-hybridized carbons (Fsp3) is 0.714. The summed E-state index contributed by atoms with van der Waals surface area (Å²) in [4.78, 5) is 4.14. The Labute approximate surface area is 116 Å². The Morgan fingerprint density at radius 1 is 1.30 bits per heavy atom. The molecule has 1 N–H and O–H groups in total. The van der Waals surface area contributed by atoms with Crippen molar-refractivity contribution in [1.29, 1.82) is 15.9 Å².